The number of carbonyl (C=O) groups excluding carboxylic acids is 1. The number of hydrogen-bond donors (Lipinski definition) is 2. The van der Waals surface area contributed by atoms with Gasteiger partial charge in [-0.15, -0.1) is 11.3 Å². The third-order valence-corrected chi connectivity index (χ3v) is 6.98. The number of carbonyl (C=O) groups is 1. The summed E-state index contributed by atoms with van der Waals surface area (Å²) < 4.78 is 6.01. The zero-order valence-electron chi connectivity index (χ0n) is 20.9. The molecular weight excluding hydrogens is 488 g/mol. The number of hydrogen-bond acceptors (Lipinski definition) is 10. The maximum Gasteiger partial charge on any atom is 0.328 e. The van der Waals surface area contributed by atoms with Gasteiger partial charge in [-0.1, -0.05) is 18.2 Å². The normalized spacial score (nSPS) is 13.9. The Hall–Kier alpha value is -4.09. The summed E-state index contributed by atoms with van der Waals surface area (Å²) in [4.78, 5) is 36.2. The lowest BCUT2D eigenvalue weighted by molar-refractivity contribution is 0.102. The fraction of sp³-hybridized carbons (Fsp3) is 0.269. The van der Waals surface area contributed by atoms with Gasteiger partial charge < -0.3 is 19.9 Å². The molecule has 1 saturated heterocycles. The van der Waals surface area contributed by atoms with Crippen molar-refractivity contribution < 1.29 is 9.53 Å². The van der Waals surface area contributed by atoms with Crippen LogP contribution in [0.1, 0.15) is 20.9 Å². The lowest BCUT2D eigenvalue weighted by Crippen LogP contribution is -2.45. The van der Waals surface area contributed by atoms with Crippen molar-refractivity contribution in [1.82, 2.24) is 24.8 Å². The first-order valence-corrected chi connectivity index (χ1v) is 12.8. The fourth-order valence-corrected chi connectivity index (χ4v) is 4.53. The Morgan fingerprint density at radius 2 is 1.65 bits per heavy atom. The summed E-state index contributed by atoms with van der Waals surface area (Å²) in [5, 5.41) is 6.81. The average Bonchev–Trinajstić information content (AvgIpc) is 3.22. The van der Waals surface area contributed by atoms with E-state index < -0.39 is 0 Å². The standard InChI is InChI=1S/C26H28N8O2S/c1-17-18(2)37-26(27-17)31-23-29-24(34-15-13-33(3)14-16-34)32-25(30-23)36-21-11-9-20(10-12-21)28-22(35)19-7-5-4-6-8-19/h4-12H,13-16H2,1-3H3,(H,28,35)(H,27,29,30,31,32). The Bertz CT molecular complexity index is 1350. The van der Waals surface area contributed by atoms with Gasteiger partial charge in [0.15, 0.2) is 5.13 Å². The number of aryl methyl sites for hydroxylation is 2. The predicted octanol–water partition coefficient (Wildman–Crippen LogP) is 4.48. The molecule has 1 aliphatic rings. The van der Waals surface area contributed by atoms with E-state index in [1.165, 1.54) is 0 Å². The highest BCUT2D eigenvalue weighted by Gasteiger charge is 2.20. The van der Waals surface area contributed by atoms with Crippen molar-refractivity contribution in [2.45, 2.75) is 13.8 Å². The highest BCUT2D eigenvalue weighted by atomic mass is 32.1. The van der Waals surface area contributed by atoms with Crippen molar-refractivity contribution in [3.63, 3.8) is 0 Å². The summed E-state index contributed by atoms with van der Waals surface area (Å²) in [5.41, 5.74) is 2.22. The zero-order chi connectivity index (χ0) is 25.8. The van der Waals surface area contributed by atoms with Gasteiger partial charge in [0, 0.05) is 42.3 Å². The molecule has 10 nitrogen and oxygen atoms in total. The van der Waals surface area contributed by atoms with E-state index in [9.17, 15) is 4.79 Å². The lowest BCUT2D eigenvalue weighted by Gasteiger charge is -2.32. The van der Waals surface area contributed by atoms with E-state index in [-0.39, 0.29) is 11.9 Å². The number of aromatic nitrogens is 4. The number of ether oxygens (including phenoxy) is 1. The molecule has 1 aliphatic heterocycles. The minimum absolute atomic E-state index is 0.174. The third-order valence-electron chi connectivity index (χ3n) is 5.99. The number of piperazine rings is 1. The Balaban J connectivity index is 1.34. The molecule has 1 fully saturated rings. The molecule has 0 spiro atoms. The van der Waals surface area contributed by atoms with Crippen LogP contribution >= 0.6 is 11.3 Å². The van der Waals surface area contributed by atoms with Crippen molar-refractivity contribution >= 4 is 40.0 Å². The van der Waals surface area contributed by atoms with Gasteiger partial charge in [0.2, 0.25) is 11.9 Å². The van der Waals surface area contributed by atoms with E-state index in [0.29, 0.717) is 28.9 Å². The first kappa shape index (κ1) is 24.6. The summed E-state index contributed by atoms with van der Waals surface area (Å²) >= 11 is 1.55. The third kappa shape index (κ3) is 6.19. The van der Waals surface area contributed by atoms with Gasteiger partial charge in [-0.2, -0.15) is 15.0 Å². The molecule has 0 saturated carbocycles. The maximum atomic E-state index is 12.4. The van der Waals surface area contributed by atoms with Crippen LogP contribution < -0.4 is 20.3 Å². The van der Waals surface area contributed by atoms with Crippen molar-refractivity contribution in [1.29, 1.82) is 0 Å². The first-order chi connectivity index (χ1) is 17.9. The summed E-state index contributed by atoms with van der Waals surface area (Å²) in [6, 6.07) is 16.3. The summed E-state index contributed by atoms with van der Waals surface area (Å²) in [6.45, 7) is 7.47. The molecule has 0 atom stereocenters. The number of rotatable bonds is 7. The summed E-state index contributed by atoms with van der Waals surface area (Å²) in [7, 11) is 2.10. The molecule has 0 unspecified atom stereocenters. The van der Waals surface area contributed by atoms with Crippen LogP contribution in [0.15, 0.2) is 54.6 Å². The summed E-state index contributed by atoms with van der Waals surface area (Å²) in [5.74, 6) is 1.30. The molecule has 0 aliphatic carbocycles. The molecule has 2 N–H and O–H groups in total. The molecule has 4 aromatic rings. The fourth-order valence-electron chi connectivity index (χ4n) is 3.72. The van der Waals surface area contributed by atoms with E-state index >= 15 is 0 Å². The highest BCUT2D eigenvalue weighted by Crippen LogP contribution is 2.27. The maximum absolute atomic E-state index is 12.4. The van der Waals surface area contributed by atoms with Crippen LogP contribution in [0.25, 0.3) is 0 Å². The molecule has 11 heteroatoms. The molecule has 0 bridgehead atoms. The number of anilines is 4. The monoisotopic (exact) mass is 516 g/mol. The molecule has 2 aromatic carbocycles. The Kier molecular flexibility index (Phi) is 7.24. The van der Waals surface area contributed by atoms with Crippen LogP contribution in [0.4, 0.5) is 22.7 Å². The largest absolute Gasteiger partial charge is 0.424 e. The van der Waals surface area contributed by atoms with Gasteiger partial charge in [-0.05, 0) is 57.3 Å². The van der Waals surface area contributed by atoms with E-state index in [4.69, 9.17) is 4.74 Å². The van der Waals surface area contributed by atoms with E-state index in [2.05, 4.69) is 47.4 Å². The van der Waals surface area contributed by atoms with Gasteiger partial charge in [0.05, 0.1) is 5.69 Å². The predicted molar refractivity (Wildman–Crippen MR) is 145 cm³/mol. The molecule has 1 amide bonds. The SMILES string of the molecule is Cc1nc(Nc2nc(Oc3ccc(NC(=O)c4ccccc4)cc3)nc(N3CCN(C)CC3)n2)sc1C. The second-order valence-corrected chi connectivity index (χ2v) is 9.97. The second kappa shape index (κ2) is 10.9. The van der Waals surface area contributed by atoms with Crippen LogP contribution in [0.3, 0.4) is 0 Å². The topological polar surface area (TPSA) is 108 Å². The van der Waals surface area contributed by atoms with Gasteiger partial charge in [0.25, 0.3) is 5.91 Å². The summed E-state index contributed by atoms with van der Waals surface area (Å²) in [6.07, 6.45) is 0. The van der Waals surface area contributed by atoms with Gasteiger partial charge in [-0.25, -0.2) is 4.98 Å². The molecule has 5 rings (SSSR count). The Morgan fingerprint density at radius 3 is 2.32 bits per heavy atom. The van der Waals surface area contributed by atoms with Gasteiger partial charge >= 0.3 is 6.01 Å². The van der Waals surface area contributed by atoms with Gasteiger partial charge in [-0.3, -0.25) is 10.1 Å². The quantitative estimate of drug-likeness (QED) is 0.367. The lowest BCUT2D eigenvalue weighted by atomic mass is 10.2. The molecular formula is C26H28N8O2S. The molecule has 0 radical (unpaired) electrons. The number of benzene rings is 2. The number of likely N-dealkylation sites (N-methyl/N-ethyl adjacent to an activating group) is 1. The van der Waals surface area contributed by atoms with Crippen molar-refractivity contribution in [3.05, 3.63) is 70.7 Å². The van der Waals surface area contributed by atoms with Gasteiger partial charge in [0.1, 0.15) is 5.75 Å². The van der Waals surface area contributed by atoms with Crippen LogP contribution in [0.5, 0.6) is 11.8 Å². The van der Waals surface area contributed by atoms with Crippen LogP contribution in [-0.2, 0) is 0 Å². The smallest absolute Gasteiger partial charge is 0.328 e. The number of thiazole rings is 1. The number of amides is 1. The highest BCUT2D eigenvalue weighted by molar-refractivity contribution is 7.15. The van der Waals surface area contributed by atoms with Crippen molar-refractivity contribution in [2.24, 2.45) is 0 Å². The van der Waals surface area contributed by atoms with Crippen LogP contribution in [0.2, 0.25) is 0 Å². The Morgan fingerprint density at radius 1 is 0.919 bits per heavy atom. The first-order valence-electron chi connectivity index (χ1n) is 12.0. The van der Waals surface area contributed by atoms with E-state index in [1.54, 1.807) is 47.7 Å². The minimum Gasteiger partial charge on any atom is -0.424 e. The molecule has 37 heavy (non-hydrogen) atoms. The van der Waals surface area contributed by atoms with E-state index in [0.717, 1.165) is 41.9 Å². The van der Waals surface area contributed by atoms with Crippen molar-refractivity contribution in [3.8, 4) is 11.8 Å². The van der Waals surface area contributed by atoms with Crippen molar-refractivity contribution in [2.75, 3.05) is 48.8 Å². The van der Waals surface area contributed by atoms with Crippen LogP contribution in [0, 0.1) is 13.8 Å². The number of nitrogens with zero attached hydrogens (tertiary/aromatic N) is 6. The molecule has 190 valence electrons. The zero-order valence-corrected chi connectivity index (χ0v) is 21.7. The number of nitrogens with one attached hydrogen (secondary N) is 2. The Labute approximate surface area is 219 Å². The molecule has 3 heterocycles. The minimum atomic E-state index is -0.174. The molecule has 2 aromatic heterocycles. The van der Waals surface area contributed by atoms with Crippen LogP contribution in [-0.4, -0.2) is 64.0 Å². The van der Waals surface area contributed by atoms with E-state index in [1.807, 2.05) is 32.0 Å². The average molecular weight is 517 g/mol. The second-order valence-electron chi connectivity index (χ2n) is 8.76.